The molecule has 0 spiro atoms. The van der Waals surface area contributed by atoms with Crippen LogP contribution >= 0.6 is 11.6 Å². The maximum absolute atomic E-state index is 10.9. The van der Waals surface area contributed by atoms with E-state index < -0.39 is 0 Å². The molecule has 0 unspecified atom stereocenters. The van der Waals surface area contributed by atoms with Crippen molar-refractivity contribution in [3.05, 3.63) is 33.9 Å². The molecule has 0 aromatic heterocycles. The molecule has 0 saturated carbocycles. The van der Waals surface area contributed by atoms with Crippen LogP contribution in [-0.4, -0.2) is 42.5 Å². The number of nitro benzene ring substituents is 1. The first kappa shape index (κ1) is 15.1. The Bertz CT molecular complexity index is 473. The van der Waals surface area contributed by atoms with Crippen LogP contribution in [0, 0.1) is 10.1 Å². The Balaban J connectivity index is 2.08. The summed E-state index contributed by atoms with van der Waals surface area (Å²) in [6.45, 7) is 7.33. The Labute approximate surface area is 124 Å². The van der Waals surface area contributed by atoms with E-state index in [4.69, 9.17) is 11.6 Å². The first-order valence-corrected chi connectivity index (χ1v) is 7.49. The standard InChI is InChI=1S/C14H20ClN3O2/c1-2-5-16-6-8-17(9-7-16)13-3-4-14(18(19)20)12(10-13)11-15/h3-4,10H,2,5-9,11H2,1H3. The fourth-order valence-corrected chi connectivity index (χ4v) is 2.81. The van der Waals surface area contributed by atoms with Crippen LogP contribution in [-0.2, 0) is 5.88 Å². The molecule has 1 saturated heterocycles. The van der Waals surface area contributed by atoms with Gasteiger partial charge in [-0.3, -0.25) is 15.0 Å². The minimum absolute atomic E-state index is 0.105. The number of benzene rings is 1. The van der Waals surface area contributed by atoms with Gasteiger partial charge in [0.2, 0.25) is 0 Å². The maximum atomic E-state index is 10.9. The normalized spacial score (nSPS) is 16.4. The predicted molar refractivity (Wildman–Crippen MR) is 81.6 cm³/mol. The van der Waals surface area contributed by atoms with Gasteiger partial charge in [0.1, 0.15) is 0 Å². The molecule has 20 heavy (non-hydrogen) atoms. The summed E-state index contributed by atoms with van der Waals surface area (Å²) in [6.07, 6.45) is 1.17. The van der Waals surface area contributed by atoms with Crippen LogP contribution in [0.3, 0.4) is 0 Å². The van der Waals surface area contributed by atoms with E-state index in [-0.39, 0.29) is 16.5 Å². The van der Waals surface area contributed by atoms with Crippen LogP contribution in [0.15, 0.2) is 18.2 Å². The summed E-state index contributed by atoms with van der Waals surface area (Å²) >= 11 is 5.82. The molecule has 1 aromatic carbocycles. The van der Waals surface area contributed by atoms with E-state index in [2.05, 4.69) is 16.7 Å². The zero-order chi connectivity index (χ0) is 14.5. The molecule has 1 aliphatic heterocycles. The lowest BCUT2D eigenvalue weighted by atomic mass is 10.1. The summed E-state index contributed by atoms with van der Waals surface area (Å²) in [5.41, 5.74) is 1.72. The van der Waals surface area contributed by atoms with E-state index in [1.807, 2.05) is 12.1 Å². The van der Waals surface area contributed by atoms with E-state index in [0.29, 0.717) is 5.56 Å². The molecular formula is C14H20ClN3O2. The van der Waals surface area contributed by atoms with Gasteiger partial charge < -0.3 is 4.90 Å². The molecule has 1 aliphatic rings. The van der Waals surface area contributed by atoms with E-state index >= 15 is 0 Å². The Kier molecular flexibility index (Phi) is 5.20. The summed E-state index contributed by atoms with van der Waals surface area (Å²) in [7, 11) is 0. The van der Waals surface area contributed by atoms with Gasteiger partial charge in [-0.05, 0) is 25.1 Å². The second-order valence-electron chi connectivity index (χ2n) is 5.03. The fourth-order valence-electron chi connectivity index (χ4n) is 2.60. The number of rotatable bonds is 5. The van der Waals surface area contributed by atoms with Crippen molar-refractivity contribution < 1.29 is 4.92 Å². The smallest absolute Gasteiger partial charge is 0.273 e. The topological polar surface area (TPSA) is 49.6 Å². The third-order valence-electron chi connectivity index (χ3n) is 3.68. The van der Waals surface area contributed by atoms with Crippen molar-refractivity contribution >= 4 is 23.0 Å². The number of alkyl halides is 1. The summed E-state index contributed by atoms with van der Waals surface area (Å²) in [5.74, 6) is 0.167. The Hall–Kier alpha value is -1.33. The van der Waals surface area contributed by atoms with Crippen molar-refractivity contribution in [1.82, 2.24) is 4.90 Å². The lowest BCUT2D eigenvalue weighted by molar-refractivity contribution is -0.385. The number of anilines is 1. The van der Waals surface area contributed by atoms with Gasteiger partial charge in [0.15, 0.2) is 0 Å². The zero-order valence-corrected chi connectivity index (χ0v) is 12.5. The van der Waals surface area contributed by atoms with Crippen molar-refractivity contribution in [3.63, 3.8) is 0 Å². The monoisotopic (exact) mass is 297 g/mol. The number of hydrogen-bond donors (Lipinski definition) is 0. The first-order chi connectivity index (χ1) is 9.65. The van der Waals surface area contributed by atoms with Gasteiger partial charge >= 0.3 is 0 Å². The maximum Gasteiger partial charge on any atom is 0.273 e. The number of hydrogen-bond acceptors (Lipinski definition) is 4. The lowest BCUT2D eigenvalue weighted by Crippen LogP contribution is -2.46. The van der Waals surface area contributed by atoms with Crippen molar-refractivity contribution in [2.75, 3.05) is 37.6 Å². The van der Waals surface area contributed by atoms with Gasteiger partial charge in [-0.2, -0.15) is 0 Å². The quantitative estimate of drug-likeness (QED) is 0.476. The molecule has 6 heteroatoms. The third kappa shape index (κ3) is 3.41. The van der Waals surface area contributed by atoms with E-state index in [9.17, 15) is 10.1 Å². The second-order valence-corrected chi connectivity index (χ2v) is 5.30. The number of piperazine rings is 1. The summed E-state index contributed by atoms with van der Waals surface area (Å²) in [4.78, 5) is 15.3. The molecule has 1 fully saturated rings. The van der Waals surface area contributed by atoms with Crippen LogP contribution in [0.4, 0.5) is 11.4 Å². The molecular weight excluding hydrogens is 278 g/mol. The highest BCUT2D eigenvalue weighted by atomic mass is 35.5. The molecule has 110 valence electrons. The van der Waals surface area contributed by atoms with Crippen LogP contribution in [0.2, 0.25) is 0 Å². The first-order valence-electron chi connectivity index (χ1n) is 6.96. The highest BCUT2D eigenvalue weighted by Crippen LogP contribution is 2.27. The van der Waals surface area contributed by atoms with Crippen LogP contribution in [0.5, 0.6) is 0 Å². The third-order valence-corrected chi connectivity index (χ3v) is 3.97. The highest BCUT2D eigenvalue weighted by molar-refractivity contribution is 6.17. The van der Waals surface area contributed by atoms with Crippen molar-refractivity contribution in [2.24, 2.45) is 0 Å². The van der Waals surface area contributed by atoms with Gasteiger partial charge in [0.25, 0.3) is 5.69 Å². The largest absolute Gasteiger partial charge is 0.369 e. The van der Waals surface area contributed by atoms with E-state index in [1.165, 1.54) is 6.42 Å². The molecule has 1 heterocycles. The van der Waals surface area contributed by atoms with E-state index in [0.717, 1.165) is 38.4 Å². The van der Waals surface area contributed by atoms with Crippen LogP contribution < -0.4 is 4.90 Å². The summed E-state index contributed by atoms with van der Waals surface area (Å²) in [5, 5.41) is 10.9. The van der Waals surface area contributed by atoms with Crippen LogP contribution in [0.25, 0.3) is 0 Å². The molecule has 0 atom stereocenters. The zero-order valence-electron chi connectivity index (χ0n) is 11.7. The number of nitrogens with zero attached hydrogens (tertiary/aromatic N) is 3. The Morgan fingerprint density at radius 1 is 1.30 bits per heavy atom. The van der Waals surface area contributed by atoms with Crippen molar-refractivity contribution in [3.8, 4) is 0 Å². The molecule has 0 aliphatic carbocycles. The highest BCUT2D eigenvalue weighted by Gasteiger charge is 2.19. The van der Waals surface area contributed by atoms with Gasteiger partial charge in [0, 0.05) is 43.5 Å². The summed E-state index contributed by atoms with van der Waals surface area (Å²) in [6, 6.07) is 5.23. The average Bonchev–Trinajstić information content (AvgIpc) is 2.47. The van der Waals surface area contributed by atoms with E-state index in [1.54, 1.807) is 6.07 Å². The second kappa shape index (κ2) is 6.90. The molecule has 0 bridgehead atoms. The van der Waals surface area contributed by atoms with Crippen molar-refractivity contribution in [2.45, 2.75) is 19.2 Å². The lowest BCUT2D eigenvalue weighted by Gasteiger charge is -2.36. The van der Waals surface area contributed by atoms with Gasteiger partial charge in [-0.15, -0.1) is 11.6 Å². The van der Waals surface area contributed by atoms with Gasteiger partial charge in [-0.25, -0.2) is 0 Å². The summed E-state index contributed by atoms with van der Waals surface area (Å²) < 4.78 is 0. The fraction of sp³-hybridized carbons (Fsp3) is 0.571. The minimum atomic E-state index is -0.374. The molecule has 0 N–H and O–H groups in total. The number of nitro groups is 1. The molecule has 0 radical (unpaired) electrons. The average molecular weight is 298 g/mol. The number of halogens is 1. The van der Waals surface area contributed by atoms with Crippen LogP contribution in [0.1, 0.15) is 18.9 Å². The SMILES string of the molecule is CCCN1CCN(c2ccc([N+](=O)[O-])c(CCl)c2)CC1. The van der Waals surface area contributed by atoms with Crippen molar-refractivity contribution in [1.29, 1.82) is 0 Å². The molecule has 1 aromatic rings. The molecule has 0 amide bonds. The predicted octanol–water partition coefficient (Wildman–Crippen LogP) is 2.87. The van der Waals surface area contributed by atoms with Gasteiger partial charge in [0.05, 0.1) is 10.8 Å². The Morgan fingerprint density at radius 3 is 2.55 bits per heavy atom. The molecule has 2 rings (SSSR count). The minimum Gasteiger partial charge on any atom is -0.369 e. The molecule has 5 nitrogen and oxygen atoms in total. The van der Waals surface area contributed by atoms with Gasteiger partial charge in [-0.1, -0.05) is 6.92 Å². The Morgan fingerprint density at radius 2 is 2.00 bits per heavy atom.